The van der Waals surface area contributed by atoms with Gasteiger partial charge in [-0.2, -0.15) is 0 Å². The maximum Gasteiger partial charge on any atom is 0.318 e. The van der Waals surface area contributed by atoms with Crippen molar-refractivity contribution < 1.29 is 18.3 Å². The second-order valence-corrected chi connectivity index (χ2v) is 6.57. The van der Waals surface area contributed by atoms with Crippen LogP contribution < -0.4 is 10.1 Å². The molecule has 0 radical (unpaired) electrons. The van der Waals surface area contributed by atoms with Crippen LogP contribution in [0.4, 0.5) is 9.18 Å². The molecule has 2 amide bonds. The molecule has 0 aliphatic carbocycles. The Bertz CT molecular complexity index is 967. The van der Waals surface area contributed by atoms with Crippen LogP contribution in [0.5, 0.6) is 5.75 Å². The SMILES string of the molecule is COc1ccccc1CN(C)C(=O)NC(C)c1oc2ccc(F)cc2c1C. The van der Waals surface area contributed by atoms with Crippen molar-refractivity contribution in [2.75, 3.05) is 14.2 Å². The molecule has 0 fully saturated rings. The van der Waals surface area contributed by atoms with E-state index in [1.54, 1.807) is 25.1 Å². The van der Waals surface area contributed by atoms with E-state index in [9.17, 15) is 9.18 Å². The normalized spacial score (nSPS) is 12.0. The number of carbonyl (C=O) groups is 1. The minimum atomic E-state index is -0.354. The highest BCUT2D eigenvalue weighted by Gasteiger charge is 2.20. The number of benzene rings is 2. The Morgan fingerprint density at radius 2 is 2.04 bits per heavy atom. The van der Waals surface area contributed by atoms with E-state index in [1.807, 2.05) is 38.1 Å². The second kappa shape index (κ2) is 7.70. The Kier molecular flexibility index (Phi) is 5.35. The van der Waals surface area contributed by atoms with E-state index in [0.717, 1.165) is 16.9 Å². The number of methoxy groups -OCH3 is 1. The van der Waals surface area contributed by atoms with Crippen molar-refractivity contribution in [1.82, 2.24) is 10.2 Å². The zero-order valence-electron chi connectivity index (χ0n) is 15.9. The smallest absolute Gasteiger partial charge is 0.318 e. The molecule has 1 unspecified atom stereocenters. The number of para-hydroxylation sites is 1. The summed E-state index contributed by atoms with van der Waals surface area (Å²) in [5, 5.41) is 3.64. The first-order chi connectivity index (χ1) is 12.9. The van der Waals surface area contributed by atoms with Crippen LogP contribution in [0.25, 0.3) is 11.0 Å². The summed E-state index contributed by atoms with van der Waals surface area (Å²) in [4.78, 5) is 14.2. The van der Waals surface area contributed by atoms with Crippen molar-refractivity contribution in [2.45, 2.75) is 26.4 Å². The standard InChI is InChI=1S/C21H23FN2O3/c1-13-17-11-16(22)9-10-19(17)27-20(13)14(2)23-21(25)24(3)12-15-7-5-6-8-18(15)26-4/h5-11,14H,12H2,1-4H3,(H,23,25). The molecule has 1 atom stereocenters. The molecular weight excluding hydrogens is 347 g/mol. The van der Waals surface area contributed by atoms with Gasteiger partial charge in [-0.05, 0) is 38.1 Å². The number of amides is 2. The van der Waals surface area contributed by atoms with Crippen LogP contribution in [0.2, 0.25) is 0 Å². The van der Waals surface area contributed by atoms with Crippen molar-refractivity contribution in [3.63, 3.8) is 0 Å². The van der Waals surface area contributed by atoms with Crippen LogP contribution in [0.1, 0.15) is 29.9 Å². The molecule has 5 nitrogen and oxygen atoms in total. The quantitative estimate of drug-likeness (QED) is 0.702. The predicted octanol–water partition coefficient (Wildman–Crippen LogP) is 4.79. The predicted molar refractivity (Wildman–Crippen MR) is 102 cm³/mol. The van der Waals surface area contributed by atoms with Crippen molar-refractivity contribution in [3.05, 3.63) is 65.2 Å². The Morgan fingerprint density at radius 3 is 2.78 bits per heavy atom. The molecule has 0 saturated heterocycles. The lowest BCUT2D eigenvalue weighted by molar-refractivity contribution is 0.201. The number of ether oxygens (including phenoxy) is 1. The number of hydrogen-bond donors (Lipinski definition) is 1. The van der Waals surface area contributed by atoms with Gasteiger partial charge >= 0.3 is 6.03 Å². The monoisotopic (exact) mass is 370 g/mol. The number of urea groups is 1. The van der Waals surface area contributed by atoms with Crippen molar-refractivity contribution in [2.24, 2.45) is 0 Å². The number of carbonyl (C=O) groups excluding carboxylic acids is 1. The Morgan fingerprint density at radius 1 is 1.30 bits per heavy atom. The molecule has 0 aliphatic rings. The summed E-state index contributed by atoms with van der Waals surface area (Å²) in [6.07, 6.45) is 0. The fourth-order valence-electron chi connectivity index (χ4n) is 3.15. The number of halogens is 1. The van der Waals surface area contributed by atoms with E-state index >= 15 is 0 Å². The van der Waals surface area contributed by atoms with Crippen molar-refractivity contribution in [3.8, 4) is 5.75 Å². The maximum atomic E-state index is 13.5. The first-order valence-electron chi connectivity index (χ1n) is 8.72. The lowest BCUT2D eigenvalue weighted by Crippen LogP contribution is -2.38. The number of rotatable bonds is 5. The maximum absolute atomic E-state index is 13.5. The second-order valence-electron chi connectivity index (χ2n) is 6.57. The number of hydrogen-bond acceptors (Lipinski definition) is 3. The zero-order chi connectivity index (χ0) is 19.6. The largest absolute Gasteiger partial charge is 0.496 e. The van der Waals surface area contributed by atoms with E-state index in [4.69, 9.17) is 9.15 Å². The summed E-state index contributed by atoms with van der Waals surface area (Å²) in [5.41, 5.74) is 2.35. The average molecular weight is 370 g/mol. The third-order valence-corrected chi connectivity index (χ3v) is 4.62. The molecule has 0 saturated carbocycles. The number of nitrogens with one attached hydrogen (secondary N) is 1. The fraction of sp³-hybridized carbons (Fsp3) is 0.286. The van der Waals surface area contributed by atoms with Crippen LogP contribution in [0, 0.1) is 12.7 Å². The van der Waals surface area contributed by atoms with Gasteiger partial charge in [-0.25, -0.2) is 9.18 Å². The molecular formula is C21H23FN2O3. The molecule has 3 aromatic rings. The number of aryl methyl sites for hydroxylation is 1. The Hall–Kier alpha value is -3.02. The highest BCUT2D eigenvalue weighted by atomic mass is 19.1. The molecule has 0 bridgehead atoms. The topological polar surface area (TPSA) is 54.7 Å². The summed E-state index contributed by atoms with van der Waals surface area (Å²) in [7, 11) is 3.32. The Labute approximate surface area is 157 Å². The Balaban J connectivity index is 1.72. The lowest BCUT2D eigenvalue weighted by atomic mass is 10.1. The summed E-state index contributed by atoms with van der Waals surface area (Å²) < 4.78 is 24.6. The first kappa shape index (κ1) is 18.8. The summed E-state index contributed by atoms with van der Waals surface area (Å²) in [6, 6.07) is 11.4. The van der Waals surface area contributed by atoms with E-state index in [1.165, 1.54) is 12.1 Å². The third kappa shape index (κ3) is 3.89. The molecule has 6 heteroatoms. The molecule has 1 aromatic heterocycles. The minimum absolute atomic E-state index is 0.237. The zero-order valence-corrected chi connectivity index (χ0v) is 15.9. The lowest BCUT2D eigenvalue weighted by Gasteiger charge is -2.21. The third-order valence-electron chi connectivity index (χ3n) is 4.62. The number of furan rings is 1. The molecule has 1 N–H and O–H groups in total. The van der Waals surface area contributed by atoms with E-state index in [2.05, 4.69) is 5.32 Å². The number of nitrogens with zero attached hydrogens (tertiary/aromatic N) is 1. The van der Waals surface area contributed by atoms with Crippen LogP contribution in [-0.4, -0.2) is 25.1 Å². The highest BCUT2D eigenvalue weighted by Crippen LogP contribution is 2.30. The molecule has 0 spiro atoms. The van der Waals surface area contributed by atoms with Crippen LogP contribution in [0.15, 0.2) is 46.9 Å². The van der Waals surface area contributed by atoms with E-state index in [0.29, 0.717) is 23.3 Å². The molecule has 27 heavy (non-hydrogen) atoms. The van der Waals surface area contributed by atoms with Gasteiger partial charge < -0.3 is 19.4 Å². The minimum Gasteiger partial charge on any atom is -0.496 e. The van der Waals surface area contributed by atoms with Gasteiger partial charge in [0.1, 0.15) is 22.9 Å². The highest BCUT2D eigenvalue weighted by molar-refractivity contribution is 5.82. The van der Waals surface area contributed by atoms with Gasteiger partial charge in [0.2, 0.25) is 0 Å². The van der Waals surface area contributed by atoms with Gasteiger partial charge in [0.25, 0.3) is 0 Å². The van der Waals surface area contributed by atoms with Gasteiger partial charge in [0.15, 0.2) is 0 Å². The number of fused-ring (bicyclic) bond motifs is 1. The van der Waals surface area contributed by atoms with Crippen LogP contribution in [0.3, 0.4) is 0 Å². The van der Waals surface area contributed by atoms with Gasteiger partial charge in [-0.15, -0.1) is 0 Å². The molecule has 2 aromatic carbocycles. The fourth-order valence-corrected chi connectivity index (χ4v) is 3.15. The first-order valence-corrected chi connectivity index (χ1v) is 8.72. The van der Waals surface area contributed by atoms with Gasteiger partial charge in [-0.1, -0.05) is 18.2 Å². The summed E-state index contributed by atoms with van der Waals surface area (Å²) in [6.45, 7) is 4.12. The van der Waals surface area contributed by atoms with E-state index in [-0.39, 0.29) is 17.9 Å². The van der Waals surface area contributed by atoms with Crippen LogP contribution >= 0.6 is 0 Å². The average Bonchev–Trinajstić information content (AvgIpc) is 2.98. The van der Waals surface area contributed by atoms with E-state index < -0.39 is 0 Å². The van der Waals surface area contributed by atoms with Gasteiger partial charge in [-0.3, -0.25) is 0 Å². The summed E-state index contributed by atoms with van der Waals surface area (Å²) >= 11 is 0. The van der Waals surface area contributed by atoms with Crippen LogP contribution in [-0.2, 0) is 6.54 Å². The summed E-state index contributed by atoms with van der Waals surface area (Å²) in [5.74, 6) is 1.04. The molecule has 0 aliphatic heterocycles. The molecule has 142 valence electrons. The van der Waals surface area contributed by atoms with Crippen molar-refractivity contribution in [1.29, 1.82) is 0 Å². The van der Waals surface area contributed by atoms with Gasteiger partial charge in [0, 0.05) is 23.6 Å². The van der Waals surface area contributed by atoms with Gasteiger partial charge in [0.05, 0.1) is 19.7 Å². The molecule has 1 heterocycles. The molecule has 3 rings (SSSR count). The van der Waals surface area contributed by atoms with Crippen molar-refractivity contribution >= 4 is 17.0 Å².